The molecule has 0 spiro atoms. The zero-order chi connectivity index (χ0) is 30.0. The Kier molecular flexibility index (Phi) is 6.65. The third kappa shape index (κ3) is 4.07. The van der Waals surface area contributed by atoms with Crippen LogP contribution in [0.4, 0.5) is 4.79 Å². The van der Waals surface area contributed by atoms with Crippen molar-refractivity contribution < 1.29 is 44.3 Å². The first kappa shape index (κ1) is 27.9. The van der Waals surface area contributed by atoms with E-state index in [2.05, 4.69) is 5.32 Å². The number of carbonyl (C=O) groups is 4. The van der Waals surface area contributed by atoms with Gasteiger partial charge in [-0.3, -0.25) is 14.4 Å². The molecule has 0 bridgehead atoms. The molecule has 11 heteroatoms. The van der Waals surface area contributed by atoms with E-state index in [1.54, 1.807) is 44.2 Å². The maximum absolute atomic E-state index is 14.0. The van der Waals surface area contributed by atoms with Gasteiger partial charge in [0.05, 0.1) is 5.56 Å². The Morgan fingerprint density at radius 1 is 1.07 bits per heavy atom. The second-order valence-electron chi connectivity index (χ2n) is 11.0. The van der Waals surface area contributed by atoms with Crippen molar-refractivity contribution in [2.24, 2.45) is 29.4 Å². The summed E-state index contributed by atoms with van der Waals surface area (Å²) in [7, 11) is 1.44. The Bertz CT molecular complexity index is 1570. The summed E-state index contributed by atoms with van der Waals surface area (Å²) >= 11 is 0. The number of aliphatic hydroxyl groups is 3. The number of ether oxygens (including phenoxy) is 1. The topological polar surface area (TPSA) is 196 Å². The molecule has 0 radical (unpaired) electrons. The first-order valence-electron chi connectivity index (χ1n) is 13.2. The van der Waals surface area contributed by atoms with Crippen LogP contribution >= 0.6 is 0 Å². The van der Waals surface area contributed by atoms with E-state index in [-0.39, 0.29) is 29.7 Å². The van der Waals surface area contributed by atoms with E-state index in [1.165, 1.54) is 13.1 Å². The van der Waals surface area contributed by atoms with Crippen LogP contribution in [0.2, 0.25) is 0 Å². The summed E-state index contributed by atoms with van der Waals surface area (Å²) in [5.74, 6) is -7.89. The molecule has 41 heavy (non-hydrogen) atoms. The number of Topliss-reactive ketones (excluding diaryl/α,β-unsaturated/α-hetero) is 2. The van der Waals surface area contributed by atoms with Gasteiger partial charge in [-0.1, -0.05) is 32.0 Å². The number of hydrogen-bond acceptors (Lipinski definition) is 9. The van der Waals surface area contributed by atoms with Crippen molar-refractivity contribution in [2.75, 3.05) is 7.05 Å². The Hall–Kier alpha value is -4.64. The fraction of sp³-hybridized carbons (Fsp3) is 0.333. The maximum Gasteiger partial charge on any atom is 0.412 e. The lowest BCUT2D eigenvalue weighted by Crippen LogP contribution is -2.62. The van der Waals surface area contributed by atoms with Crippen molar-refractivity contribution >= 4 is 29.3 Å². The number of phenols is 1. The number of nitrogens with one attached hydrogen (secondary N) is 1. The largest absolute Gasteiger partial charge is 0.508 e. The van der Waals surface area contributed by atoms with Crippen molar-refractivity contribution in [1.29, 1.82) is 0 Å². The van der Waals surface area contributed by atoms with E-state index in [0.717, 1.165) is 0 Å². The van der Waals surface area contributed by atoms with E-state index < -0.39 is 69.9 Å². The molecular formula is C30H30N2O9. The summed E-state index contributed by atoms with van der Waals surface area (Å²) in [6.45, 7) is 3.42. The molecule has 214 valence electrons. The molecule has 0 unspecified atom stereocenters. The molecule has 0 saturated heterocycles. The van der Waals surface area contributed by atoms with E-state index in [9.17, 15) is 39.6 Å². The second-order valence-corrected chi connectivity index (χ2v) is 11.0. The smallest absolute Gasteiger partial charge is 0.412 e. The minimum Gasteiger partial charge on any atom is -0.508 e. The van der Waals surface area contributed by atoms with E-state index >= 15 is 0 Å². The molecule has 5 rings (SSSR count). The van der Waals surface area contributed by atoms with E-state index in [1.807, 2.05) is 0 Å². The summed E-state index contributed by atoms with van der Waals surface area (Å²) in [5.41, 5.74) is 3.55. The van der Waals surface area contributed by atoms with Crippen LogP contribution in [0, 0.1) is 23.7 Å². The number of nitrogens with two attached hydrogens (primary N) is 1. The lowest BCUT2D eigenvalue weighted by atomic mass is 9.54. The highest BCUT2D eigenvalue weighted by Gasteiger charge is 2.64. The number of hydrogen-bond donors (Lipinski definition) is 6. The Morgan fingerprint density at radius 3 is 2.32 bits per heavy atom. The molecule has 11 nitrogen and oxygen atoms in total. The molecule has 0 heterocycles. The van der Waals surface area contributed by atoms with Crippen LogP contribution in [0.5, 0.6) is 11.5 Å². The van der Waals surface area contributed by atoms with Gasteiger partial charge in [-0.2, -0.15) is 0 Å². The molecule has 0 aromatic heterocycles. The molecule has 3 aliphatic rings. The molecule has 4 atom stereocenters. The number of aliphatic hydroxyl groups excluding tert-OH is 2. The highest BCUT2D eigenvalue weighted by Crippen LogP contribution is 2.55. The lowest BCUT2D eigenvalue weighted by molar-refractivity contribution is -0.155. The molecule has 1 fully saturated rings. The number of amides is 2. The van der Waals surface area contributed by atoms with Crippen molar-refractivity contribution in [2.45, 2.75) is 32.3 Å². The molecule has 2 aromatic rings. The molecule has 2 aromatic carbocycles. The SMILES string of the molecule is CNC(=O)Oc1ccc(-c2ccc(O)c3c2C[C@H]2C[C@H]4[C@H](C(C)C)C(=O)C(C(N)=O)=C(O)[C@@]4(O)C(=O)C2=C3O)cc1. The quantitative estimate of drug-likeness (QED) is 0.304. The van der Waals surface area contributed by atoms with Gasteiger partial charge in [0, 0.05) is 24.5 Å². The van der Waals surface area contributed by atoms with Crippen LogP contribution in [0.1, 0.15) is 31.4 Å². The number of phenolic OH excluding ortho intramolecular Hbond substituents is 1. The maximum atomic E-state index is 14.0. The van der Waals surface area contributed by atoms with Gasteiger partial charge in [0.1, 0.15) is 28.6 Å². The second kappa shape index (κ2) is 9.77. The van der Waals surface area contributed by atoms with Crippen LogP contribution in [0.15, 0.2) is 53.3 Å². The van der Waals surface area contributed by atoms with Gasteiger partial charge in [-0.05, 0) is 59.6 Å². The van der Waals surface area contributed by atoms with E-state index in [4.69, 9.17) is 10.5 Å². The number of aromatic hydroxyl groups is 1. The van der Waals surface area contributed by atoms with Crippen molar-refractivity contribution in [3.8, 4) is 22.6 Å². The summed E-state index contributed by atoms with van der Waals surface area (Å²) in [5, 5.41) is 47.2. The first-order valence-corrected chi connectivity index (χ1v) is 13.2. The van der Waals surface area contributed by atoms with Crippen LogP contribution in [0.3, 0.4) is 0 Å². The molecular weight excluding hydrogens is 532 g/mol. The Labute approximate surface area is 234 Å². The predicted molar refractivity (Wildman–Crippen MR) is 146 cm³/mol. The van der Waals surface area contributed by atoms with Gasteiger partial charge in [-0.15, -0.1) is 0 Å². The van der Waals surface area contributed by atoms with Crippen molar-refractivity contribution in [3.63, 3.8) is 0 Å². The molecule has 2 amide bonds. The molecule has 0 aliphatic heterocycles. The number of ketones is 2. The standard InChI is InChI=1S/C30H30N2O9/c1-12(2)20-18-11-14-10-17-16(13-4-6-15(7-5-13)41-29(39)32-3)8-9-19(33)22(17)25(35)21(14)26(36)30(18,40)27(37)23(24(20)34)28(31)38/h4-9,12,14,18,20,33,35,37,40H,10-11H2,1-3H3,(H2,31,38)(H,32,39)/t14-,18-,20-,30-/m0/s1. The zero-order valence-corrected chi connectivity index (χ0v) is 22.6. The third-order valence-corrected chi connectivity index (χ3v) is 8.43. The monoisotopic (exact) mass is 562 g/mol. The van der Waals surface area contributed by atoms with Crippen LogP contribution in [0.25, 0.3) is 16.9 Å². The normalized spacial score (nSPS) is 25.4. The molecule has 7 N–H and O–H groups in total. The average molecular weight is 563 g/mol. The predicted octanol–water partition coefficient (Wildman–Crippen LogP) is 2.69. The van der Waals surface area contributed by atoms with Crippen LogP contribution in [-0.4, -0.2) is 56.6 Å². The number of benzene rings is 2. The number of rotatable bonds is 4. The average Bonchev–Trinajstić information content (AvgIpc) is 2.91. The molecule has 1 saturated carbocycles. The van der Waals surface area contributed by atoms with Gasteiger partial charge in [-0.25, -0.2) is 4.79 Å². The number of primary amides is 1. The third-order valence-electron chi connectivity index (χ3n) is 8.43. The summed E-state index contributed by atoms with van der Waals surface area (Å²) in [4.78, 5) is 50.9. The fourth-order valence-corrected chi connectivity index (χ4v) is 6.62. The lowest BCUT2D eigenvalue weighted by Gasteiger charge is -2.50. The fourth-order valence-electron chi connectivity index (χ4n) is 6.62. The van der Waals surface area contributed by atoms with Gasteiger partial charge in [0.15, 0.2) is 11.4 Å². The van der Waals surface area contributed by atoms with Gasteiger partial charge < -0.3 is 36.2 Å². The minimum atomic E-state index is -2.65. The highest BCUT2D eigenvalue weighted by atomic mass is 16.5. The Morgan fingerprint density at radius 2 is 1.73 bits per heavy atom. The summed E-state index contributed by atoms with van der Waals surface area (Å²) in [6.07, 6.45) is -0.437. The van der Waals surface area contributed by atoms with Crippen molar-refractivity contribution in [1.82, 2.24) is 5.32 Å². The first-order chi connectivity index (χ1) is 19.3. The minimum absolute atomic E-state index is 0.000673. The van der Waals surface area contributed by atoms with Crippen molar-refractivity contribution in [3.05, 3.63) is 64.4 Å². The molecule has 3 aliphatic carbocycles. The zero-order valence-electron chi connectivity index (χ0n) is 22.6. The summed E-state index contributed by atoms with van der Waals surface area (Å²) < 4.78 is 5.14. The van der Waals surface area contributed by atoms with Gasteiger partial charge in [0.2, 0.25) is 5.78 Å². The number of fused-ring (bicyclic) bond motifs is 3. The number of carbonyl (C=O) groups excluding carboxylic acids is 4. The van der Waals surface area contributed by atoms with Gasteiger partial charge >= 0.3 is 6.09 Å². The van der Waals surface area contributed by atoms with E-state index in [0.29, 0.717) is 22.4 Å². The van der Waals surface area contributed by atoms with Crippen LogP contribution in [-0.2, 0) is 20.8 Å². The van der Waals surface area contributed by atoms with Crippen LogP contribution < -0.4 is 15.8 Å². The summed E-state index contributed by atoms with van der Waals surface area (Å²) in [6, 6.07) is 9.61. The highest BCUT2D eigenvalue weighted by molar-refractivity contribution is 6.23. The Balaban J connectivity index is 1.65. The van der Waals surface area contributed by atoms with Gasteiger partial charge in [0.25, 0.3) is 5.91 Å².